The number of carbonyl (C=O) groups excluding carboxylic acids is 1. The van der Waals surface area contributed by atoms with Crippen LogP contribution >= 0.6 is 0 Å². The van der Waals surface area contributed by atoms with Gasteiger partial charge in [0, 0.05) is 35.3 Å². The molecule has 3 aromatic rings. The molecule has 28 heavy (non-hydrogen) atoms. The Labute approximate surface area is 162 Å². The molecule has 0 unspecified atom stereocenters. The van der Waals surface area contributed by atoms with Gasteiger partial charge in [-0.25, -0.2) is 0 Å². The third kappa shape index (κ3) is 3.37. The van der Waals surface area contributed by atoms with Crippen LogP contribution in [0, 0.1) is 11.3 Å². The number of carbonyl (C=O) groups is 1. The van der Waals surface area contributed by atoms with E-state index in [1.54, 1.807) is 6.07 Å². The highest BCUT2D eigenvalue weighted by Crippen LogP contribution is 2.33. The Morgan fingerprint density at radius 1 is 1.32 bits per heavy atom. The molecule has 7 heteroatoms. The second kappa shape index (κ2) is 7.24. The van der Waals surface area contributed by atoms with Crippen LogP contribution in [0.4, 0.5) is 5.69 Å². The van der Waals surface area contributed by atoms with Crippen LogP contribution in [0.1, 0.15) is 35.7 Å². The number of anilines is 1. The first-order chi connectivity index (χ1) is 13.6. The zero-order valence-electron chi connectivity index (χ0n) is 15.8. The molecule has 0 atom stereocenters. The highest BCUT2D eigenvalue weighted by Gasteiger charge is 2.24. The summed E-state index contributed by atoms with van der Waals surface area (Å²) >= 11 is 0. The molecule has 3 N–H and O–H groups in total. The van der Waals surface area contributed by atoms with Crippen molar-refractivity contribution in [2.24, 2.45) is 0 Å². The van der Waals surface area contributed by atoms with Crippen molar-refractivity contribution in [3.63, 3.8) is 0 Å². The summed E-state index contributed by atoms with van der Waals surface area (Å²) in [6.07, 6.45) is 2.07. The minimum absolute atomic E-state index is 0.0811. The molecule has 0 aliphatic heterocycles. The first-order valence-corrected chi connectivity index (χ1v) is 9.32. The highest BCUT2D eigenvalue weighted by molar-refractivity contribution is 6.00. The number of benzene rings is 2. The normalized spacial score (nSPS) is 13.2. The van der Waals surface area contributed by atoms with Crippen molar-refractivity contribution >= 4 is 22.5 Å². The largest absolute Gasteiger partial charge is 0.492 e. The number of nitrogens with one attached hydrogen (secondary N) is 3. The Balaban J connectivity index is 1.81. The minimum atomic E-state index is -0.0811. The van der Waals surface area contributed by atoms with Crippen molar-refractivity contribution in [1.82, 2.24) is 15.5 Å². The summed E-state index contributed by atoms with van der Waals surface area (Å²) in [6.45, 7) is 2.34. The molecule has 7 nitrogen and oxygen atoms in total. The quantitative estimate of drug-likeness (QED) is 0.612. The predicted molar refractivity (Wildman–Crippen MR) is 107 cm³/mol. The summed E-state index contributed by atoms with van der Waals surface area (Å²) in [5.74, 6) is 0.444. The van der Waals surface area contributed by atoms with Gasteiger partial charge in [-0.3, -0.25) is 9.89 Å². The average molecular weight is 375 g/mol. The molecule has 0 radical (unpaired) electrons. The number of hydrogen-bond acceptors (Lipinski definition) is 5. The summed E-state index contributed by atoms with van der Waals surface area (Å²) in [5.41, 5.74) is 4.13. The Kier molecular flexibility index (Phi) is 4.62. The number of aromatic amines is 1. The molecule has 1 amide bonds. The second-order valence-corrected chi connectivity index (χ2v) is 6.81. The molecular weight excluding hydrogens is 354 g/mol. The van der Waals surface area contributed by atoms with Gasteiger partial charge in [-0.1, -0.05) is 0 Å². The molecule has 0 spiro atoms. The van der Waals surface area contributed by atoms with Crippen molar-refractivity contribution < 1.29 is 9.53 Å². The molecule has 1 heterocycles. The van der Waals surface area contributed by atoms with Gasteiger partial charge in [0.1, 0.15) is 17.5 Å². The van der Waals surface area contributed by atoms with Crippen LogP contribution in [0.5, 0.6) is 5.75 Å². The lowest BCUT2D eigenvalue weighted by atomic mass is 10.0. The number of aromatic nitrogens is 2. The Morgan fingerprint density at radius 3 is 2.82 bits per heavy atom. The second-order valence-electron chi connectivity index (χ2n) is 6.81. The molecule has 2 aromatic carbocycles. The van der Waals surface area contributed by atoms with Crippen LogP contribution < -0.4 is 15.4 Å². The molecule has 142 valence electrons. The summed E-state index contributed by atoms with van der Waals surface area (Å²) in [6, 6.07) is 11.6. The third-order valence-corrected chi connectivity index (χ3v) is 4.75. The van der Waals surface area contributed by atoms with Crippen LogP contribution in [0.15, 0.2) is 30.3 Å². The smallest absolute Gasteiger partial charge is 0.251 e. The van der Waals surface area contributed by atoms with Gasteiger partial charge in [-0.05, 0) is 50.1 Å². The van der Waals surface area contributed by atoms with Crippen molar-refractivity contribution in [2.75, 3.05) is 19.0 Å². The Bertz CT molecular complexity index is 1090. The SMILES string of the molecule is CCOc1cc2c(-c3cc(NC)cc(C(=O)NC4CC4)c3)n[nH]c2cc1C#N. The average Bonchev–Trinajstić information content (AvgIpc) is 3.43. The number of fused-ring (bicyclic) bond motifs is 1. The standard InChI is InChI=1S/C21H21N5O2/c1-3-28-19-10-17-18(9-14(19)11-22)25-26-20(17)12-6-13(8-16(7-12)23-2)21(27)24-15-4-5-15/h6-10,15,23H,3-5H2,1-2H3,(H,24,27)(H,25,26). The first kappa shape index (κ1) is 17.9. The van der Waals surface area contributed by atoms with E-state index in [4.69, 9.17) is 4.74 Å². The van der Waals surface area contributed by atoms with Crippen molar-refractivity contribution in [3.8, 4) is 23.1 Å². The van der Waals surface area contributed by atoms with Crippen molar-refractivity contribution in [1.29, 1.82) is 5.26 Å². The highest BCUT2D eigenvalue weighted by atomic mass is 16.5. The fourth-order valence-electron chi connectivity index (χ4n) is 3.16. The van der Waals surface area contributed by atoms with Gasteiger partial charge in [-0.2, -0.15) is 10.4 Å². The van der Waals surface area contributed by atoms with Gasteiger partial charge in [0.25, 0.3) is 5.91 Å². The molecule has 1 aromatic heterocycles. The molecule has 4 rings (SSSR count). The van der Waals surface area contributed by atoms with Crippen LogP contribution in [0.25, 0.3) is 22.2 Å². The lowest BCUT2D eigenvalue weighted by molar-refractivity contribution is 0.0951. The van der Waals surface area contributed by atoms with E-state index < -0.39 is 0 Å². The number of nitrogens with zero attached hydrogens (tertiary/aromatic N) is 2. The maximum Gasteiger partial charge on any atom is 0.251 e. The molecule has 0 bridgehead atoms. The van der Waals surface area contributed by atoms with Crippen LogP contribution in [-0.4, -0.2) is 35.8 Å². The first-order valence-electron chi connectivity index (χ1n) is 9.32. The van der Waals surface area contributed by atoms with Gasteiger partial charge in [0.05, 0.1) is 17.7 Å². The Morgan fingerprint density at radius 2 is 2.14 bits per heavy atom. The summed E-state index contributed by atoms with van der Waals surface area (Å²) in [7, 11) is 1.82. The topological polar surface area (TPSA) is 103 Å². The number of hydrogen-bond donors (Lipinski definition) is 3. The van der Waals surface area contributed by atoms with E-state index in [-0.39, 0.29) is 5.91 Å². The molecule has 1 aliphatic rings. The van der Waals surface area contributed by atoms with Crippen LogP contribution in [-0.2, 0) is 0 Å². The number of H-pyrrole nitrogens is 1. The van der Waals surface area contributed by atoms with Crippen LogP contribution in [0.3, 0.4) is 0 Å². The van der Waals surface area contributed by atoms with Gasteiger partial charge in [0.2, 0.25) is 0 Å². The zero-order valence-corrected chi connectivity index (χ0v) is 15.8. The maximum atomic E-state index is 12.5. The van der Waals surface area contributed by atoms with E-state index in [0.717, 1.165) is 35.0 Å². The molecule has 0 saturated heterocycles. The van der Waals surface area contributed by atoms with Crippen molar-refractivity contribution in [3.05, 3.63) is 41.5 Å². The fraction of sp³-hybridized carbons (Fsp3) is 0.286. The number of nitriles is 1. The van der Waals surface area contributed by atoms with E-state index in [1.807, 2.05) is 38.2 Å². The summed E-state index contributed by atoms with van der Waals surface area (Å²) in [5, 5.41) is 23.7. The lowest BCUT2D eigenvalue weighted by Gasteiger charge is -2.10. The number of rotatable bonds is 6. The molecular formula is C21H21N5O2. The van der Waals surface area contributed by atoms with Crippen molar-refractivity contribution in [2.45, 2.75) is 25.8 Å². The monoisotopic (exact) mass is 375 g/mol. The lowest BCUT2D eigenvalue weighted by Crippen LogP contribution is -2.25. The van der Waals surface area contributed by atoms with E-state index in [9.17, 15) is 10.1 Å². The summed E-state index contributed by atoms with van der Waals surface area (Å²) < 4.78 is 5.61. The fourth-order valence-corrected chi connectivity index (χ4v) is 3.16. The number of ether oxygens (including phenoxy) is 1. The maximum absolute atomic E-state index is 12.5. The molecule has 1 aliphatic carbocycles. The van der Waals surface area contributed by atoms with Gasteiger partial charge < -0.3 is 15.4 Å². The number of amides is 1. The minimum Gasteiger partial charge on any atom is -0.492 e. The van der Waals surface area contributed by atoms with E-state index >= 15 is 0 Å². The van der Waals surface area contributed by atoms with Crippen LogP contribution in [0.2, 0.25) is 0 Å². The van der Waals surface area contributed by atoms with Gasteiger partial charge >= 0.3 is 0 Å². The van der Waals surface area contributed by atoms with E-state index in [2.05, 4.69) is 26.9 Å². The third-order valence-electron chi connectivity index (χ3n) is 4.75. The zero-order chi connectivity index (χ0) is 19.7. The van der Waals surface area contributed by atoms with E-state index in [0.29, 0.717) is 35.2 Å². The molecule has 1 fully saturated rings. The molecule has 1 saturated carbocycles. The summed E-state index contributed by atoms with van der Waals surface area (Å²) in [4.78, 5) is 12.5. The van der Waals surface area contributed by atoms with E-state index in [1.165, 1.54) is 0 Å². The predicted octanol–water partition coefficient (Wildman–Crippen LogP) is 3.43. The van der Waals surface area contributed by atoms with Gasteiger partial charge in [0.15, 0.2) is 0 Å². The Hall–Kier alpha value is -3.53. The van der Waals surface area contributed by atoms with Gasteiger partial charge in [-0.15, -0.1) is 0 Å².